The molecule has 4 rings (SSSR count). The van der Waals surface area contributed by atoms with E-state index < -0.39 is 0 Å². The van der Waals surface area contributed by atoms with Gasteiger partial charge in [0.05, 0.1) is 18.3 Å². The first-order valence-corrected chi connectivity index (χ1v) is 9.64. The van der Waals surface area contributed by atoms with E-state index in [0.29, 0.717) is 24.7 Å². The number of benzene rings is 1. The molecular formula is C20H25N5O3. The normalized spacial score (nSPS) is 14.6. The Hall–Kier alpha value is -2.87. The Bertz CT molecular complexity index is 978. The lowest BCUT2D eigenvalue weighted by atomic mass is 9.96. The van der Waals surface area contributed by atoms with Gasteiger partial charge in [-0.1, -0.05) is 12.1 Å². The minimum absolute atomic E-state index is 0.302. The molecule has 0 radical (unpaired) electrons. The number of nitrogens with zero attached hydrogens (tertiary/aromatic N) is 3. The van der Waals surface area contributed by atoms with Crippen molar-refractivity contribution in [3.05, 3.63) is 41.7 Å². The van der Waals surface area contributed by atoms with Crippen LogP contribution >= 0.6 is 0 Å². The Labute approximate surface area is 163 Å². The largest absolute Gasteiger partial charge is 0.459 e. The molecule has 3 aromatic rings. The van der Waals surface area contributed by atoms with Crippen LogP contribution in [0.25, 0.3) is 11.0 Å². The number of nitrogens with one attached hydrogen (secondary N) is 2. The van der Waals surface area contributed by atoms with Gasteiger partial charge in [0, 0.05) is 31.0 Å². The molecule has 8 heteroatoms. The Morgan fingerprint density at radius 2 is 2.21 bits per heavy atom. The molecule has 2 aromatic heterocycles. The fraction of sp³-hybridized carbons (Fsp3) is 0.450. The second kappa shape index (κ2) is 8.02. The number of anilines is 1. The number of amides is 2. The SMILES string of the molecule is COCCn1cnnc1C(C)NC(=O)Nc1cccc2c3c(oc12)CCCC3. The van der Waals surface area contributed by atoms with Gasteiger partial charge in [0.25, 0.3) is 0 Å². The molecule has 1 aliphatic carbocycles. The first-order valence-electron chi connectivity index (χ1n) is 9.64. The van der Waals surface area contributed by atoms with E-state index in [4.69, 9.17) is 9.15 Å². The van der Waals surface area contributed by atoms with Crippen LogP contribution in [0.2, 0.25) is 0 Å². The molecule has 8 nitrogen and oxygen atoms in total. The summed E-state index contributed by atoms with van der Waals surface area (Å²) in [6, 6.07) is 5.27. The average molecular weight is 383 g/mol. The molecule has 0 saturated heterocycles. The van der Waals surface area contributed by atoms with Crippen LogP contribution in [-0.2, 0) is 24.1 Å². The van der Waals surface area contributed by atoms with Crippen LogP contribution in [0.15, 0.2) is 28.9 Å². The Morgan fingerprint density at radius 1 is 1.36 bits per heavy atom. The molecule has 2 N–H and O–H groups in total. The van der Waals surface area contributed by atoms with Gasteiger partial charge in [0.1, 0.15) is 12.1 Å². The second-order valence-corrected chi connectivity index (χ2v) is 7.09. The molecule has 0 aliphatic heterocycles. The van der Waals surface area contributed by atoms with Crippen molar-refractivity contribution in [2.75, 3.05) is 19.0 Å². The third-order valence-corrected chi connectivity index (χ3v) is 5.15. The number of rotatable bonds is 6. The van der Waals surface area contributed by atoms with Gasteiger partial charge in [0.15, 0.2) is 11.4 Å². The van der Waals surface area contributed by atoms with E-state index in [-0.39, 0.29) is 12.1 Å². The average Bonchev–Trinajstić information content (AvgIpc) is 3.31. The minimum Gasteiger partial charge on any atom is -0.459 e. The first kappa shape index (κ1) is 18.5. The van der Waals surface area contributed by atoms with Crippen LogP contribution in [0.3, 0.4) is 0 Å². The molecule has 1 aliphatic rings. The maximum absolute atomic E-state index is 12.6. The number of carbonyl (C=O) groups is 1. The maximum atomic E-state index is 12.6. The van der Waals surface area contributed by atoms with Gasteiger partial charge in [-0.05, 0) is 32.3 Å². The van der Waals surface area contributed by atoms with Crippen molar-refractivity contribution in [3.8, 4) is 0 Å². The van der Waals surface area contributed by atoms with Crippen LogP contribution < -0.4 is 10.6 Å². The number of aryl methyl sites for hydroxylation is 2. The van der Waals surface area contributed by atoms with Crippen molar-refractivity contribution in [2.24, 2.45) is 0 Å². The van der Waals surface area contributed by atoms with Crippen LogP contribution in [0.5, 0.6) is 0 Å². The van der Waals surface area contributed by atoms with Gasteiger partial charge >= 0.3 is 6.03 Å². The van der Waals surface area contributed by atoms with Crippen LogP contribution in [0, 0.1) is 0 Å². The first-order chi connectivity index (χ1) is 13.7. The zero-order valence-corrected chi connectivity index (χ0v) is 16.2. The Morgan fingerprint density at radius 3 is 3.07 bits per heavy atom. The molecule has 148 valence electrons. The van der Waals surface area contributed by atoms with E-state index in [1.165, 1.54) is 12.0 Å². The lowest BCUT2D eigenvalue weighted by Gasteiger charge is -2.15. The minimum atomic E-state index is -0.310. The topological polar surface area (TPSA) is 94.2 Å². The molecule has 1 atom stereocenters. The lowest BCUT2D eigenvalue weighted by Crippen LogP contribution is -2.32. The zero-order chi connectivity index (χ0) is 19.5. The number of aromatic nitrogens is 3. The molecule has 2 amide bonds. The van der Waals surface area contributed by atoms with Crippen molar-refractivity contribution < 1.29 is 13.9 Å². The summed E-state index contributed by atoms with van der Waals surface area (Å²) in [4.78, 5) is 12.6. The Kier molecular flexibility index (Phi) is 5.29. The third kappa shape index (κ3) is 3.60. The predicted octanol–water partition coefficient (Wildman–Crippen LogP) is 3.43. The summed E-state index contributed by atoms with van der Waals surface area (Å²) < 4.78 is 13.0. The van der Waals surface area contributed by atoms with Gasteiger partial charge in [-0.25, -0.2) is 4.79 Å². The standard InChI is InChI=1S/C20H25N5O3/c1-13(19-24-21-12-25(19)10-11-27-2)22-20(26)23-16-8-5-7-15-14-6-3-4-9-17(14)28-18(15)16/h5,7-8,12-13H,3-4,6,9-11H2,1-2H3,(H2,22,23,26). The second-order valence-electron chi connectivity index (χ2n) is 7.09. The molecule has 0 spiro atoms. The number of hydrogen-bond acceptors (Lipinski definition) is 5. The van der Waals surface area contributed by atoms with Crippen molar-refractivity contribution >= 4 is 22.7 Å². The molecule has 28 heavy (non-hydrogen) atoms. The van der Waals surface area contributed by atoms with Gasteiger partial charge in [-0.3, -0.25) is 0 Å². The molecule has 2 heterocycles. The quantitative estimate of drug-likeness (QED) is 0.680. The number of methoxy groups -OCH3 is 1. The maximum Gasteiger partial charge on any atom is 0.319 e. The van der Waals surface area contributed by atoms with Crippen LogP contribution in [-0.4, -0.2) is 34.5 Å². The fourth-order valence-electron chi connectivity index (χ4n) is 3.76. The third-order valence-electron chi connectivity index (χ3n) is 5.15. The number of fused-ring (bicyclic) bond motifs is 3. The molecule has 0 saturated carbocycles. The molecule has 0 fully saturated rings. The highest BCUT2D eigenvalue weighted by molar-refractivity contribution is 6.00. The number of carbonyl (C=O) groups excluding carboxylic acids is 1. The molecular weight excluding hydrogens is 358 g/mol. The van der Waals surface area contributed by atoms with Gasteiger partial charge in [-0.2, -0.15) is 0 Å². The van der Waals surface area contributed by atoms with E-state index in [1.54, 1.807) is 13.4 Å². The van der Waals surface area contributed by atoms with E-state index in [0.717, 1.165) is 36.0 Å². The van der Waals surface area contributed by atoms with E-state index in [2.05, 4.69) is 26.9 Å². The summed E-state index contributed by atoms with van der Waals surface area (Å²) in [6.07, 6.45) is 5.97. The fourth-order valence-corrected chi connectivity index (χ4v) is 3.76. The summed E-state index contributed by atoms with van der Waals surface area (Å²) >= 11 is 0. The van der Waals surface area contributed by atoms with Crippen molar-refractivity contribution in [1.29, 1.82) is 0 Å². The number of urea groups is 1. The summed E-state index contributed by atoms with van der Waals surface area (Å²) in [7, 11) is 1.65. The van der Waals surface area contributed by atoms with Crippen LogP contribution in [0.1, 0.15) is 43.0 Å². The van der Waals surface area contributed by atoms with E-state index >= 15 is 0 Å². The van der Waals surface area contributed by atoms with Crippen molar-refractivity contribution in [3.63, 3.8) is 0 Å². The Balaban J connectivity index is 1.48. The lowest BCUT2D eigenvalue weighted by molar-refractivity contribution is 0.185. The summed E-state index contributed by atoms with van der Waals surface area (Å²) in [5.74, 6) is 1.73. The van der Waals surface area contributed by atoms with Gasteiger partial charge < -0.3 is 24.4 Å². The highest BCUT2D eigenvalue weighted by atomic mass is 16.5. The molecule has 1 aromatic carbocycles. The number of para-hydroxylation sites is 1. The molecule has 0 bridgehead atoms. The monoisotopic (exact) mass is 383 g/mol. The number of furan rings is 1. The number of ether oxygens (including phenoxy) is 1. The highest BCUT2D eigenvalue weighted by Crippen LogP contribution is 2.35. The number of hydrogen-bond donors (Lipinski definition) is 2. The summed E-state index contributed by atoms with van der Waals surface area (Å²) in [6.45, 7) is 3.05. The zero-order valence-electron chi connectivity index (χ0n) is 16.2. The van der Waals surface area contributed by atoms with E-state index in [1.807, 2.05) is 23.6 Å². The smallest absolute Gasteiger partial charge is 0.319 e. The van der Waals surface area contributed by atoms with Gasteiger partial charge in [-0.15, -0.1) is 10.2 Å². The highest BCUT2D eigenvalue weighted by Gasteiger charge is 2.21. The summed E-state index contributed by atoms with van der Waals surface area (Å²) in [5.41, 5.74) is 2.71. The van der Waals surface area contributed by atoms with Gasteiger partial charge in [0.2, 0.25) is 0 Å². The van der Waals surface area contributed by atoms with Crippen LogP contribution in [0.4, 0.5) is 10.5 Å². The van der Waals surface area contributed by atoms with Crippen molar-refractivity contribution in [2.45, 2.75) is 45.2 Å². The van der Waals surface area contributed by atoms with E-state index in [9.17, 15) is 4.79 Å². The predicted molar refractivity (Wildman–Crippen MR) is 105 cm³/mol. The molecule has 1 unspecified atom stereocenters. The van der Waals surface area contributed by atoms with Crippen molar-refractivity contribution in [1.82, 2.24) is 20.1 Å². The summed E-state index contributed by atoms with van der Waals surface area (Å²) in [5, 5.41) is 15.0.